The van der Waals surface area contributed by atoms with Crippen LogP contribution in [0.15, 0.2) is 36.7 Å². The third-order valence-corrected chi connectivity index (χ3v) is 5.78. The molecule has 0 radical (unpaired) electrons. The van der Waals surface area contributed by atoms with Gasteiger partial charge in [-0.15, -0.1) is 0 Å². The van der Waals surface area contributed by atoms with Gasteiger partial charge in [0.25, 0.3) is 0 Å². The van der Waals surface area contributed by atoms with Crippen LogP contribution in [0.2, 0.25) is 0 Å². The van der Waals surface area contributed by atoms with E-state index in [-0.39, 0.29) is 17.8 Å². The number of hydrogen-bond acceptors (Lipinski definition) is 4. The van der Waals surface area contributed by atoms with Gasteiger partial charge in [-0.1, -0.05) is 12.1 Å². The zero-order chi connectivity index (χ0) is 19.8. The van der Waals surface area contributed by atoms with Crippen LogP contribution in [-0.4, -0.2) is 64.7 Å². The average molecular weight is 385 g/mol. The molecule has 4 rings (SSSR count). The van der Waals surface area contributed by atoms with E-state index in [0.717, 1.165) is 25.2 Å². The smallest absolute Gasteiger partial charge is 0.322 e. The fraction of sp³-hybridized carbons (Fsp3) is 0.450. The molecule has 8 heteroatoms. The Morgan fingerprint density at radius 3 is 2.39 bits per heavy atom. The molecule has 0 spiro atoms. The van der Waals surface area contributed by atoms with E-state index in [1.807, 2.05) is 17.0 Å². The van der Waals surface area contributed by atoms with Crippen LogP contribution >= 0.6 is 0 Å². The van der Waals surface area contributed by atoms with E-state index in [0.29, 0.717) is 30.6 Å². The van der Waals surface area contributed by atoms with Crippen LogP contribution < -0.4 is 4.90 Å². The lowest BCUT2D eigenvalue weighted by atomic mass is 10.0. The summed E-state index contributed by atoms with van der Waals surface area (Å²) in [6.45, 7) is 5.56. The Morgan fingerprint density at radius 2 is 1.79 bits per heavy atom. The Balaban J connectivity index is 1.34. The minimum Gasteiger partial charge on any atom is -0.322 e. The van der Waals surface area contributed by atoms with E-state index in [1.165, 1.54) is 34.8 Å². The number of carbonyl (C=O) groups excluding carboxylic acids is 2. The van der Waals surface area contributed by atoms with Gasteiger partial charge >= 0.3 is 6.03 Å². The molecular weight excluding hydrogens is 361 g/mol. The predicted octanol–water partition coefficient (Wildman–Crippen LogP) is 2.04. The molecule has 2 unspecified atom stereocenters. The molecule has 148 valence electrons. The SMILES string of the molecule is CC(=O)N(C)c1cnn(C(=O)N2CC3CN(Cc4ccc(F)cc4)CC3C2)c1. The number of nitrogens with zero attached hydrogens (tertiary/aromatic N) is 5. The van der Waals surface area contributed by atoms with Crippen LogP contribution in [0.25, 0.3) is 0 Å². The molecule has 2 aromatic rings. The minimum absolute atomic E-state index is 0.107. The molecule has 2 atom stereocenters. The molecule has 0 saturated carbocycles. The number of aromatic nitrogens is 2. The lowest BCUT2D eigenvalue weighted by Gasteiger charge is -2.21. The Kier molecular flexibility index (Phi) is 4.89. The van der Waals surface area contributed by atoms with Crippen molar-refractivity contribution in [2.75, 3.05) is 38.1 Å². The molecule has 2 saturated heterocycles. The van der Waals surface area contributed by atoms with E-state index < -0.39 is 0 Å². The van der Waals surface area contributed by atoms with Crippen molar-refractivity contribution in [3.63, 3.8) is 0 Å². The van der Waals surface area contributed by atoms with Crippen molar-refractivity contribution >= 4 is 17.6 Å². The number of fused-ring (bicyclic) bond motifs is 1. The lowest BCUT2D eigenvalue weighted by molar-refractivity contribution is -0.116. The van der Waals surface area contributed by atoms with Crippen molar-refractivity contribution in [3.8, 4) is 0 Å². The molecular formula is C20H24FN5O2. The predicted molar refractivity (Wildman–Crippen MR) is 102 cm³/mol. The van der Waals surface area contributed by atoms with Gasteiger partial charge in [-0.25, -0.2) is 9.18 Å². The Bertz CT molecular complexity index is 867. The summed E-state index contributed by atoms with van der Waals surface area (Å²) in [4.78, 5) is 29.9. The maximum absolute atomic E-state index is 13.1. The number of likely N-dealkylation sites (tertiary alicyclic amines) is 2. The molecule has 0 N–H and O–H groups in total. The fourth-order valence-electron chi connectivity index (χ4n) is 4.14. The van der Waals surface area contributed by atoms with Gasteiger partial charge in [0.05, 0.1) is 18.1 Å². The maximum atomic E-state index is 13.1. The van der Waals surface area contributed by atoms with Gasteiger partial charge in [-0.05, 0) is 29.5 Å². The molecule has 2 aliphatic heterocycles. The van der Waals surface area contributed by atoms with Crippen LogP contribution in [0, 0.1) is 17.7 Å². The normalized spacial score (nSPS) is 21.8. The second-order valence-corrected chi connectivity index (χ2v) is 7.75. The first-order valence-electron chi connectivity index (χ1n) is 9.46. The Labute approximate surface area is 163 Å². The first kappa shape index (κ1) is 18.6. The molecule has 2 fully saturated rings. The van der Waals surface area contributed by atoms with Crippen molar-refractivity contribution in [2.24, 2.45) is 11.8 Å². The molecule has 28 heavy (non-hydrogen) atoms. The molecule has 0 bridgehead atoms. The van der Waals surface area contributed by atoms with E-state index >= 15 is 0 Å². The van der Waals surface area contributed by atoms with Gasteiger partial charge in [0.1, 0.15) is 5.82 Å². The summed E-state index contributed by atoms with van der Waals surface area (Å²) in [6.07, 6.45) is 3.12. The van der Waals surface area contributed by atoms with Crippen LogP contribution in [0.4, 0.5) is 14.9 Å². The Morgan fingerprint density at radius 1 is 1.14 bits per heavy atom. The summed E-state index contributed by atoms with van der Waals surface area (Å²) in [7, 11) is 1.66. The summed E-state index contributed by atoms with van der Waals surface area (Å²) < 4.78 is 14.4. The van der Waals surface area contributed by atoms with Gasteiger partial charge in [0.15, 0.2) is 0 Å². The van der Waals surface area contributed by atoms with Crippen LogP contribution in [0.3, 0.4) is 0 Å². The number of hydrogen-bond donors (Lipinski definition) is 0. The minimum atomic E-state index is -0.215. The van der Waals surface area contributed by atoms with Crippen LogP contribution in [-0.2, 0) is 11.3 Å². The number of benzene rings is 1. The van der Waals surface area contributed by atoms with E-state index in [4.69, 9.17) is 0 Å². The van der Waals surface area contributed by atoms with Crippen LogP contribution in [0.5, 0.6) is 0 Å². The quantitative estimate of drug-likeness (QED) is 0.811. The van der Waals surface area contributed by atoms with Gasteiger partial charge < -0.3 is 9.80 Å². The zero-order valence-corrected chi connectivity index (χ0v) is 16.1. The number of halogens is 1. The van der Waals surface area contributed by atoms with Crippen molar-refractivity contribution in [2.45, 2.75) is 13.5 Å². The third kappa shape index (κ3) is 3.64. The number of carbonyl (C=O) groups is 2. The van der Waals surface area contributed by atoms with Crippen molar-refractivity contribution < 1.29 is 14.0 Å². The van der Waals surface area contributed by atoms with Crippen molar-refractivity contribution in [1.29, 1.82) is 0 Å². The summed E-state index contributed by atoms with van der Waals surface area (Å²) >= 11 is 0. The highest BCUT2D eigenvalue weighted by atomic mass is 19.1. The summed E-state index contributed by atoms with van der Waals surface area (Å²) in [5.74, 6) is 0.565. The lowest BCUT2D eigenvalue weighted by Crippen LogP contribution is -2.36. The fourth-order valence-corrected chi connectivity index (χ4v) is 4.14. The average Bonchev–Trinajstić information content (AvgIpc) is 3.37. The highest BCUT2D eigenvalue weighted by molar-refractivity contribution is 5.91. The molecule has 2 amide bonds. The largest absolute Gasteiger partial charge is 0.344 e. The monoisotopic (exact) mass is 385 g/mol. The topological polar surface area (TPSA) is 61.7 Å². The molecule has 3 heterocycles. The number of anilines is 1. The molecule has 7 nitrogen and oxygen atoms in total. The number of amides is 2. The van der Waals surface area contributed by atoms with E-state index in [1.54, 1.807) is 13.2 Å². The van der Waals surface area contributed by atoms with Gasteiger partial charge in [0, 0.05) is 46.7 Å². The molecule has 2 aliphatic rings. The first-order valence-corrected chi connectivity index (χ1v) is 9.46. The number of rotatable bonds is 3. The Hall–Kier alpha value is -2.74. The van der Waals surface area contributed by atoms with Gasteiger partial charge in [-0.2, -0.15) is 9.78 Å². The first-order chi connectivity index (χ1) is 13.4. The molecule has 1 aromatic heterocycles. The second kappa shape index (κ2) is 7.35. The highest BCUT2D eigenvalue weighted by Gasteiger charge is 2.41. The third-order valence-electron chi connectivity index (χ3n) is 5.78. The summed E-state index contributed by atoms with van der Waals surface area (Å²) in [5, 5.41) is 4.13. The maximum Gasteiger partial charge on any atom is 0.344 e. The zero-order valence-electron chi connectivity index (χ0n) is 16.1. The van der Waals surface area contributed by atoms with Crippen molar-refractivity contribution in [3.05, 3.63) is 48.0 Å². The highest BCUT2D eigenvalue weighted by Crippen LogP contribution is 2.32. The van der Waals surface area contributed by atoms with Crippen molar-refractivity contribution in [1.82, 2.24) is 19.6 Å². The second-order valence-electron chi connectivity index (χ2n) is 7.75. The molecule has 1 aromatic carbocycles. The summed E-state index contributed by atoms with van der Waals surface area (Å²) in [5.41, 5.74) is 1.71. The van der Waals surface area contributed by atoms with Crippen LogP contribution in [0.1, 0.15) is 12.5 Å². The van der Waals surface area contributed by atoms with Gasteiger partial charge in [0.2, 0.25) is 5.91 Å². The molecule has 0 aliphatic carbocycles. The summed E-state index contributed by atoms with van der Waals surface area (Å²) in [6, 6.07) is 6.49. The van der Waals surface area contributed by atoms with E-state index in [2.05, 4.69) is 10.00 Å². The standard InChI is InChI=1S/C20H24FN5O2/c1-14(27)23(2)19-7-22-26(13-19)20(28)25-11-16-9-24(10-17(16)12-25)8-15-3-5-18(21)6-4-15/h3-7,13,16-17H,8-12H2,1-2H3. The van der Waals surface area contributed by atoms with E-state index in [9.17, 15) is 14.0 Å². The van der Waals surface area contributed by atoms with Gasteiger partial charge in [-0.3, -0.25) is 9.69 Å².